The predicted molar refractivity (Wildman–Crippen MR) is 83.8 cm³/mol. The molecule has 4 bridgehead atoms. The first-order chi connectivity index (χ1) is 11.3. The number of nitrogens with one attached hydrogen (secondary N) is 2. The molecule has 2 N–H and O–H groups in total. The molecule has 4 aliphatic carbocycles. The molecule has 0 heterocycles. The molecule has 24 heavy (non-hydrogen) atoms. The molecule has 0 spiro atoms. The van der Waals surface area contributed by atoms with Crippen LogP contribution in [0.2, 0.25) is 0 Å². The van der Waals surface area contributed by atoms with Crippen LogP contribution in [0.5, 0.6) is 0 Å². The van der Waals surface area contributed by atoms with E-state index in [1.165, 1.54) is 31.4 Å². The second-order valence-corrected chi connectivity index (χ2v) is 7.86. The van der Waals surface area contributed by atoms with Crippen LogP contribution in [0.15, 0.2) is 24.3 Å². The molecular weight excluding hydrogens is 317 g/mol. The van der Waals surface area contributed by atoms with Gasteiger partial charge in [-0.15, -0.1) is 0 Å². The van der Waals surface area contributed by atoms with Gasteiger partial charge in [0, 0.05) is 0 Å². The van der Waals surface area contributed by atoms with Crippen LogP contribution in [-0.4, -0.2) is 5.91 Å². The summed E-state index contributed by atoms with van der Waals surface area (Å²) in [4.78, 5) is 12.8. The lowest BCUT2D eigenvalue weighted by atomic mass is 9.49. The smallest absolute Gasteiger partial charge is 0.299 e. The summed E-state index contributed by atoms with van der Waals surface area (Å²) in [7, 11) is 0. The van der Waals surface area contributed by atoms with Crippen molar-refractivity contribution < 1.29 is 18.0 Å². The summed E-state index contributed by atoms with van der Waals surface area (Å²) < 4.78 is 38.3. The minimum atomic E-state index is -4.39. The van der Waals surface area contributed by atoms with Gasteiger partial charge in [0.1, 0.15) is 0 Å². The summed E-state index contributed by atoms with van der Waals surface area (Å²) in [5.74, 6) is 1.89. The van der Waals surface area contributed by atoms with E-state index in [1.54, 1.807) is 0 Å². The van der Waals surface area contributed by atoms with Crippen LogP contribution >= 0.6 is 0 Å². The second kappa shape index (κ2) is 5.39. The lowest BCUT2D eigenvalue weighted by Crippen LogP contribution is -2.54. The number of hydrogen-bond acceptors (Lipinski definition) is 2. The number of rotatable bonds is 3. The van der Waals surface area contributed by atoms with E-state index in [0.29, 0.717) is 17.8 Å². The normalized spacial score (nSPS) is 34.2. The maximum Gasteiger partial charge on any atom is 0.416 e. The topological polar surface area (TPSA) is 41.1 Å². The molecule has 1 aromatic carbocycles. The molecule has 0 unspecified atom stereocenters. The average Bonchev–Trinajstić information content (AvgIpc) is 2.51. The Morgan fingerprint density at radius 3 is 2.17 bits per heavy atom. The third kappa shape index (κ3) is 2.76. The molecule has 1 aromatic rings. The van der Waals surface area contributed by atoms with Crippen LogP contribution in [0.1, 0.15) is 44.1 Å². The van der Waals surface area contributed by atoms with Gasteiger partial charge in [-0.25, -0.2) is 0 Å². The van der Waals surface area contributed by atoms with Crippen LogP contribution in [0, 0.1) is 23.2 Å². The highest BCUT2D eigenvalue weighted by Gasteiger charge is 2.54. The highest BCUT2D eigenvalue weighted by molar-refractivity contribution is 5.84. The zero-order chi connectivity index (χ0) is 16.9. The molecule has 4 fully saturated rings. The first-order valence-electron chi connectivity index (χ1n) is 8.58. The van der Waals surface area contributed by atoms with Crippen LogP contribution in [0.25, 0.3) is 0 Å². The Morgan fingerprint density at radius 1 is 1.04 bits per heavy atom. The third-order valence-electron chi connectivity index (χ3n) is 6.03. The van der Waals surface area contributed by atoms with Crippen LogP contribution in [-0.2, 0) is 11.0 Å². The Bertz CT molecular complexity index is 621. The Balaban J connectivity index is 1.44. The molecule has 0 aromatic heterocycles. The molecule has 4 saturated carbocycles. The van der Waals surface area contributed by atoms with E-state index in [1.807, 2.05) is 0 Å². The molecule has 0 atom stereocenters. The van der Waals surface area contributed by atoms with E-state index in [9.17, 15) is 18.0 Å². The largest absolute Gasteiger partial charge is 0.416 e. The van der Waals surface area contributed by atoms with Gasteiger partial charge >= 0.3 is 6.18 Å². The minimum absolute atomic E-state index is 0.0565. The molecule has 3 nitrogen and oxygen atoms in total. The Kier molecular flexibility index (Phi) is 3.55. The van der Waals surface area contributed by atoms with Gasteiger partial charge in [0.05, 0.1) is 16.7 Å². The number of hydrazine groups is 1. The van der Waals surface area contributed by atoms with Gasteiger partial charge in [0.2, 0.25) is 5.91 Å². The van der Waals surface area contributed by atoms with E-state index in [0.717, 1.165) is 31.4 Å². The van der Waals surface area contributed by atoms with Crippen molar-refractivity contribution in [2.24, 2.45) is 23.2 Å². The summed E-state index contributed by atoms with van der Waals surface area (Å²) in [5.41, 5.74) is 4.57. The Labute approximate surface area is 139 Å². The highest BCUT2D eigenvalue weighted by atomic mass is 19.4. The minimum Gasteiger partial charge on any atom is -0.299 e. The van der Waals surface area contributed by atoms with Gasteiger partial charge in [-0.05, 0) is 74.5 Å². The lowest BCUT2D eigenvalue weighted by molar-refractivity contribution is -0.145. The van der Waals surface area contributed by atoms with Gasteiger partial charge in [0.25, 0.3) is 0 Å². The maximum atomic E-state index is 12.8. The van der Waals surface area contributed by atoms with E-state index in [2.05, 4.69) is 10.9 Å². The molecule has 6 heteroatoms. The summed E-state index contributed by atoms with van der Waals surface area (Å²) in [5, 5.41) is 0. The van der Waals surface area contributed by atoms with Crippen LogP contribution in [0.3, 0.4) is 0 Å². The molecule has 0 saturated heterocycles. The first kappa shape index (κ1) is 15.8. The number of carbonyl (C=O) groups excluding carboxylic acids is 1. The fourth-order valence-corrected chi connectivity index (χ4v) is 5.42. The lowest BCUT2D eigenvalue weighted by Gasteiger charge is -2.55. The zero-order valence-electron chi connectivity index (χ0n) is 13.3. The summed E-state index contributed by atoms with van der Waals surface area (Å²) >= 11 is 0. The van der Waals surface area contributed by atoms with Gasteiger partial charge in [-0.3, -0.25) is 15.6 Å². The molecular formula is C18H21F3N2O. The second-order valence-electron chi connectivity index (χ2n) is 7.86. The molecule has 4 aliphatic rings. The van der Waals surface area contributed by atoms with Crippen LogP contribution in [0.4, 0.5) is 18.9 Å². The van der Waals surface area contributed by atoms with Crippen molar-refractivity contribution in [3.63, 3.8) is 0 Å². The van der Waals surface area contributed by atoms with Crippen LogP contribution < -0.4 is 10.9 Å². The fraction of sp³-hybridized carbons (Fsp3) is 0.611. The predicted octanol–water partition coefficient (Wildman–Crippen LogP) is 4.36. The molecule has 5 rings (SSSR count). The van der Waals surface area contributed by atoms with E-state index >= 15 is 0 Å². The standard InChI is InChI=1S/C18H21F3N2O/c19-18(20,21)14-2-1-3-15(7-14)22-23-16(24)17-8-11-4-12(9-17)6-13(5-11)10-17/h1-3,7,11-13,22H,4-6,8-10H2,(H,23,24). The number of anilines is 1. The van der Waals surface area contributed by atoms with Crippen molar-refractivity contribution in [3.05, 3.63) is 29.8 Å². The fourth-order valence-electron chi connectivity index (χ4n) is 5.42. The van der Waals surface area contributed by atoms with Gasteiger partial charge in [-0.1, -0.05) is 6.07 Å². The van der Waals surface area contributed by atoms with E-state index in [-0.39, 0.29) is 17.0 Å². The van der Waals surface area contributed by atoms with E-state index in [4.69, 9.17) is 0 Å². The number of benzene rings is 1. The first-order valence-corrected chi connectivity index (χ1v) is 8.58. The van der Waals surface area contributed by atoms with Gasteiger partial charge < -0.3 is 0 Å². The number of hydrogen-bond donors (Lipinski definition) is 2. The Hall–Kier alpha value is -1.72. The molecule has 0 radical (unpaired) electrons. The maximum absolute atomic E-state index is 12.8. The van der Waals surface area contributed by atoms with Crippen molar-refractivity contribution in [3.8, 4) is 0 Å². The number of alkyl halides is 3. The third-order valence-corrected chi connectivity index (χ3v) is 6.03. The summed E-state index contributed by atoms with van der Waals surface area (Å²) in [6, 6.07) is 4.89. The van der Waals surface area contributed by atoms with Gasteiger partial charge in [-0.2, -0.15) is 13.2 Å². The average molecular weight is 338 g/mol. The van der Waals surface area contributed by atoms with Crippen molar-refractivity contribution >= 4 is 11.6 Å². The molecule has 0 aliphatic heterocycles. The van der Waals surface area contributed by atoms with Crippen molar-refractivity contribution in [2.75, 3.05) is 5.43 Å². The van der Waals surface area contributed by atoms with Crippen molar-refractivity contribution in [2.45, 2.75) is 44.7 Å². The Morgan fingerprint density at radius 2 is 1.62 bits per heavy atom. The number of halogens is 3. The number of carbonyl (C=O) groups is 1. The van der Waals surface area contributed by atoms with Gasteiger partial charge in [0.15, 0.2) is 0 Å². The quantitative estimate of drug-likeness (QED) is 0.804. The zero-order valence-corrected chi connectivity index (χ0v) is 13.3. The SMILES string of the molecule is O=C(NNc1cccc(C(F)(F)F)c1)C12CC3CC(CC(C3)C1)C2. The summed E-state index contributed by atoms with van der Waals surface area (Å²) in [6.07, 6.45) is 2.12. The monoisotopic (exact) mass is 338 g/mol. The highest BCUT2D eigenvalue weighted by Crippen LogP contribution is 2.60. The molecule has 1 amide bonds. The van der Waals surface area contributed by atoms with E-state index < -0.39 is 11.7 Å². The number of amides is 1. The van der Waals surface area contributed by atoms with Crippen molar-refractivity contribution in [1.82, 2.24) is 5.43 Å². The summed E-state index contributed by atoms with van der Waals surface area (Å²) in [6.45, 7) is 0. The molecule has 130 valence electrons. The van der Waals surface area contributed by atoms with Crippen molar-refractivity contribution in [1.29, 1.82) is 0 Å².